The van der Waals surface area contributed by atoms with Crippen LogP contribution in [0.4, 0.5) is 13.2 Å². The maximum absolute atomic E-state index is 13.4. The molecule has 100 valence electrons. The van der Waals surface area contributed by atoms with Crippen LogP contribution in [-0.4, -0.2) is 0 Å². The maximum Gasteiger partial charge on any atom is 0.127 e. The van der Waals surface area contributed by atoms with Gasteiger partial charge in [0.1, 0.15) is 17.5 Å². The van der Waals surface area contributed by atoms with Gasteiger partial charge in [0.2, 0.25) is 0 Å². The Hall–Kier alpha value is -1.81. The quantitative estimate of drug-likeness (QED) is 0.882. The van der Waals surface area contributed by atoms with E-state index in [4.69, 9.17) is 0 Å². The highest BCUT2D eigenvalue weighted by Crippen LogP contribution is 2.15. The summed E-state index contributed by atoms with van der Waals surface area (Å²) in [6.45, 7) is 2.09. The van der Waals surface area contributed by atoms with Crippen molar-refractivity contribution >= 4 is 0 Å². The third kappa shape index (κ3) is 3.58. The highest BCUT2D eigenvalue weighted by molar-refractivity contribution is 5.21. The largest absolute Gasteiger partial charge is 0.306 e. The molecule has 4 heteroatoms. The van der Waals surface area contributed by atoms with Gasteiger partial charge in [0.25, 0.3) is 0 Å². The summed E-state index contributed by atoms with van der Waals surface area (Å²) >= 11 is 0. The van der Waals surface area contributed by atoms with Crippen LogP contribution in [0.3, 0.4) is 0 Å². The smallest absolute Gasteiger partial charge is 0.127 e. The van der Waals surface area contributed by atoms with Crippen molar-refractivity contribution in [3.05, 3.63) is 71.0 Å². The first kappa shape index (κ1) is 13.6. The van der Waals surface area contributed by atoms with Gasteiger partial charge in [0.15, 0.2) is 0 Å². The van der Waals surface area contributed by atoms with Gasteiger partial charge in [-0.25, -0.2) is 13.2 Å². The van der Waals surface area contributed by atoms with Crippen LogP contribution in [0, 0.1) is 17.5 Å². The number of halogens is 3. The topological polar surface area (TPSA) is 12.0 Å². The molecule has 0 spiro atoms. The van der Waals surface area contributed by atoms with Crippen LogP contribution in [0.25, 0.3) is 0 Å². The van der Waals surface area contributed by atoms with E-state index in [2.05, 4.69) is 5.32 Å². The fourth-order valence-corrected chi connectivity index (χ4v) is 1.81. The molecule has 1 nitrogen and oxygen atoms in total. The number of hydrogen-bond donors (Lipinski definition) is 1. The van der Waals surface area contributed by atoms with Crippen molar-refractivity contribution in [1.29, 1.82) is 0 Å². The van der Waals surface area contributed by atoms with Crippen molar-refractivity contribution in [2.45, 2.75) is 19.5 Å². The summed E-state index contributed by atoms with van der Waals surface area (Å²) in [6, 6.07) is 9.34. The van der Waals surface area contributed by atoms with E-state index < -0.39 is 11.6 Å². The van der Waals surface area contributed by atoms with E-state index in [1.165, 1.54) is 18.2 Å². The Morgan fingerprint density at radius 1 is 0.947 bits per heavy atom. The summed E-state index contributed by atoms with van der Waals surface area (Å²) in [6.07, 6.45) is 0. The minimum Gasteiger partial charge on any atom is -0.306 e. The van der Waals surface area contributed by atoms with Crippen LogP contribution in [0.5, 0.6) is 0 Å². The molecule has 1 atom stereocenters. The monoisotopic (exact) mass is 265 g/mol. The van der Waals surface area contributed by atoms with Gasteiger partial charge in [-0.2, -0.15) is 0 Å². The standard InChI is InChI=1S/C15H14F3N/c1-10(11-2-4-13(16)5-3-11)19-9-12-8-14(17)6-7-15(12)18/h2-8,10,19H,9H2,1H3/t10-/m0/s1. The zero-order chi connectivity index (χ0) is 13.8. The average molecular weight is 265 g/mol. The minimum absolute atomic E-state index is 0.0803. The predicted molar refractivity (Wildman–Crippen MR) is 68.0 cm³/mol. The zero-order valence-electron chi connectivity index (χ0n) is 10.5. The molecule has 2 aromatic rings. The third-order valence-corrected chi connectivity index (χ3v) is 2.98. The number of hydrogen-bond acceptors (Lipinski definition) is 1. The van der Waals surface area contributed by atoms with Crippen molar-refractivity contribution < 1.29 is 13.2 Å². The molecule has 0 fully saturated rings. The van der Waals surface area contributed by atoms with Crippen molar-refractivity contribution in [3.63, 3.8) is 0 Å². The molecule has 0 aliphatic carbocycles. The fourth-order valence-electron chi connectivity index (χ4n) is 1.81. The molecule has 0 radical (unpaired) electrons. The highest BCUT2D eigenvalue weighted by atomic mass is 19.1. The van der Waals surface area contributed by atoms with Gasteiger partial charge in [0, 0.05) is 18.2 Å². The first-order valence-corrected chi connectivity index (χ1v) is 5.99. The molecule has 0 heterocycles. The molecular formula is C15H14F3N. The van der Waals surface area contributed by atoms with Crippen LogP contribution in [0.15, 0.2) is 42.5 Å². The second kappa shape index (κ2) is 5.89. The van der Waals surface area contributed by atoms with Gasteiger partial charge in [-0.3, -0.25) is 0 Å². The fraction of sp³-hybridized carbons (Fsp3) is 0.200. The Labute approximate surface area is 110 Å². The van der Waals surface area contributed by atoms with Crippen molar-refractivity contribution in [2.75, 3.05) is 0 Å². The molecule has 0 aliphatic rings. The number of rotatable bonds is 4. The van der Waals surface area contributed by atoms with Gasteiger partial charge in [-0.1, -0.05) is 12.1 Å². The van der Waals surface area contributed by atoms with Crippen LogP contribution in [-0.2, 0) is 6.54 Å². The molecule has 0 unspecified atom stereocenters. The molecule has 0 amide bonds. The summed E-state index contributed by atoms with van der Waals surface area (Å²) in [5, 5.41) is 3.07. The highest BCUT2D eigenvalue weighted by Gasteiger charge is 2.08. The summed E-state index contributed by atoms with van der Waals surface area (Å²) in [5.74, 6) is -1.21. The van der Waals surface area contributed by atoms with Crippen LogP contribution >= 0.6 is 0 Å². The molecule has 2 rings (SSSR count). The van der Waals surface area contributed by atoms with E-state index in [0.717, 1.165) is 17.7 Å². The van der Waals surface area contributed by atoms with Gasteiger partial charge in [-0.15, -0.1) is 0 Å². The molecule has 0 aliphatic heterocycles. The lowest BCUT2D eigenvalue weighted by molar-refractivity contribution is 0.534. The van der Waals surface area contributed by atoms with Crippen LogP contribution in [0.2, 0.25) is 0 Å². The zero-order valence-corrected chi connectivity index (χ0v) is 10.5. The lowest BCUT2D eigenvalue weighted by Crippen LogP contribution is -2.18. The summed E-state index contributed by atoms with van der Waals surface area (Å²) in [4.78, 5) is 0. The molecule has 1 N–H and O–H groups in total. The predicted octanol–water partition coefficient (Wildman–Crippen LogP) is 3.95. The van der Waals surface area contributed by atoms with Crippen molar-refractivity contribution in [2.24, 2.45) is 0 Å². The van der Waals surface area contributed by atoms with Crippen molar-refractivity contribution in [3.8, 4) is 0 Å². The summed E-state index contributed by atoms with van der Waals surface area (Å²) < 4.78 is 39.2. The Morgan fingerprint density at radius 3 is 2.26 bits per heavy atom. The van der Waals surface area contributed by atoms with Crippen molar-refractivity contribution in [1.82, 2.24) is 5.32 Å². The van der Waals surface area contributed by atoms with E-state index >= 15 is 0 Å². The van der Waals surface area contributed by atoms with Gasteiger partial charge < -0.3 is 5.32 Å². The maximum atomic E-state index is 13.4. The molecule has 0 aromatic heterocycles. The molecule has 2 aromatic carbocycles. The lowest BCUT2D eigenvalue weighted by atomic mass is 10.1. The van der Waals surface area contributed by atoms with Crippen LogP contribution in [0.1, 0.15) is 24.1 Å². The molecule has 0 bridgehead atoms. The molecule has 0 saturated carbocycles. The Kier molecular flexibility index (Phi) is 4.22. The summed E-state index contributed by atoms with van der Waals surface area (Å²) in [7, 11) is 0. The molecular weight excluding hydrogens is 251 g/mol. The van der Waals surface area contributed by atoms with Gasteiger partial charge in [-0.05, 0) is 42.8 Å². The minimum atomic E-state index is -0.465. The van der Waals surface area contributed by atoms with E-state index in [1.54, 1.807) is 12.1 Å². The van der Waals surface area contributed by atoms with Gasteiger partial charge in [0.05, 0.1) is 0 Å². The SMILES string of the molecule is C[C@H](NCc1cc(F)ccc1F)c1ccc(F)cc1. The van der Waals surface area contributed by atoms with E-state index in [0.29, 0.717) is 0 Å². The first-order chi connectivity index (χ1) is 9.06. The third-order valence-electron chi connectivity index (χ3n) is 2.98. The average Bonchev–Trinajstić information content (AvgIpc) is 2.40. The van der Waals surface area contributed by atoms with E-state index in [1.807, 2.05) is 6.92 Å². The Bertz CT molecular complexity index is 552. The lowest BCUT2D eigenvalue weighted by Gasteiger charge is -2.14. The summed E-state index contributed by atoms with van der Waals surface area (Å²) in [5.41, 5.74) is 1.16. The Morgan fingerprint density at radius 2 is 1.58 bits per heavy atom. The van der Waals surface area contributed by atoms with Gasteiger partial charge >= 0.3 is 0 Å². The normalized spacial score (nSPS) is 12.4. The van der Waals surface area contributed by atoms with E-state index in [9.17, 15) is 13.2 Å². The molecule has 0 saturated heterocycles. The second-order valence-corrected chi connectivity index (χ2v) is 4.39. The van der Waals surface area contributed by atoms with E-state index in [-0.39, 0.29) is 24.0 Å². The number of benzene rings is 2. The first-order valence-electron chi connectivity index (χ1n) is 5.99. The Balaban J connectivity index is 2.02. The second-order valence-electron chi connectivity index (χ2n) is 4.39. The van der Waals surface area contributed by atoms with Crippen LogP contribution < -0.4 is 5.32 Å². The molecule has 19 heavy (non-hydrogen) atoms. The number of nitrogens with one attached hydrogen (secondary N) is 1.